The molecule has 0 unspecified atom stereocenters. The van der Waals surface area contributed by atoms with Crippen LogP contribution < -0.4 is 14.9 Å². The lowest BCUT2D eigenvalue weighted by Gasteiger charge is -2.26. The molecule has 3 heterocycles. The zero-order chi connectivity index (χ0) is 23.8. The fourth-order valence-corrected chi connectivity index (χ4v) is 4.71. The number of amides is 1. The molecule has 0 aliphatic carbocycles. The lowest BCUT2D eigenvalue weighted by molar-refractivity contribution is -0.0499. The number of fused-ring (bicyclic) bond motifs is 3. The number of hydrogen-bond donors (Lipinski definition) is 1. The molecule has 34 heavy (non-hydrogen) atoms. The Balaban J connectivity index is 1.61. The van der Waals surface area contributed by atoms with Gasteiger partial charge in [-0.2, -0.15) is 13.9 Å². The van der Waals surface area contributed by atoms with Gasteiger partial charge in [-0.25, -0.2) is 9.69 Å². The number of ether oxygens (including phenoxy) is 2. The molecular weight excluding hydrogens is 489 g/mol. The highest BCUT2D eigenvalue weighted by Gasteiger charge is 2.32. The van der Waals surface area contributed by atoms with Gasteiger partial charge in [0, 0.05) is 35.3 Å². The van der Waals surface area contributed by atoms with E-state index in [1.807, 2.05) is 5.01 Å². The number of benzene rings is 2. The maximum absolute atomic E-state index is 13.2. The molecular formula is C23H20Cl2F2N4O3. The molecule has 178 valence electrons. The molecule has 11 heteroatoms. The van der Waals surface area contributed by atoms with Gasteiger partial charge < -0.3 is 9.47 Å². The van der Waals surface area contributed by atoms with Gasteiger partial charge in [-0.3, -0.25) is 10.2 Å². The lowest BCUT2D eigenvalue weighted by atomic mass is 10.0. The number of aromatic nitrogens is 2. The maximum Gasteiger partial charge on any atom is 0.387 e. The van der Waals surface area contributed by atoms with Gasteiger partial charge in [-0.15, -0.1) is 0 Å². The molecule has 0 atom stereocenters. The Bertz CT molecular complexity index is 1250. The van der Waals surface area contributed by atoms with Gasteiger partial charge >= 0.3 is 6.61 Å². The van der Waals surface area contributed by atoms with E-state index in [2.05, 4.69) is 15.3 Å². The van der Waals surface area contributed by atoms with E-state index >= 15 is 0 Å². The van der Waals surface area contributed by atoms with E-state index in [4.69, 9.17) is 27.9 Å². The van der Waals surface area contributed by atoms with Gasteiger partial charge in [-0.05, 0) is 43.2 Å². The Hall–Kier alpha value is -2.88. The van der Waals surface area contributed by atoms with Crippen molar-refractivity contribution in [2.75, 3.05) is 13.1 Å². The van der Waals surface area contributed by atoms with Gasteiger partial charge in [0.2, 0.25) is 0 Å². The third-order valence-corrected chi connectivity index (χ3v) is 6.30. The van der Waals surface area contributed by atoms with Gasteiger partial charge in [0.1, 0.15) is 18.1 Å². The van der Waals surface area contributed by atoms with Crippen molar-refractivity contribution in [2.24, 2.45) is 0 Å². The number of piperidine rings is 1. The molecule has 3 aromatic rings. The first-order valence-corrected chi connectivity index (χ1v) is 11.5. The van der Waals surface area contributed by atoms with Crippen molar-refractivity contribution in [2.45, 2.75) is 32.5 Å². The zero-order valence-corrected chi connectivity index (χ0v) is 19.4. The first-order chi connectivity index (χ1) is 16.4. The minimum absolute atomic E-state index is 0.0222. The Morgan fingerprint density at radius 2 is 1.91 bits per heavy atom. The Morgan fingerprint density at radius 3 is 2.65 bits per heavy atom. The van der Waals surface area contributed by atoms with Crippen LogP contribution in [0.4, 0.5) is 8.78 Å². The van der Waals surface area contributed by atoms with Gasteiger partial charge in [0.05, 0.1) is 16.4 Å². The molecule has 1 amide bonds. The molecule has 1 aromatic heterocycles. The third-order valence-electron chi connectivity index (χ3n) is 5.76. The minimum Gasteiger partial charge on any atom is -0.488 e. The highest BCUT2D eigenvalue weighted by Crippen LogP contribution is 2.43. The first kappa shape index (κ1) is 22.9. The van der Waals surface area contributed by atoms with Crippen molar-refractivity contribution in [3.63, 3.8) is 0 Å². The largest absolute Gasteiger partial charge is 0.488 e. The van der Waals surface area contributed by atoms with Crippen LogP contribution in [-0.2, 0) is 6.61 Å². The highest BCUT2D eigenvalue weighted by atomic mass is 35.5. The van der Waals surface area contributed by atoms with Crippen LogP contribution in [0, 0.1) is 0 Å². The second-order valence-electron chi connectivity index (χ2n) is 8.00. The number of hydrazine groups is 1. The van der Waals surface area contributed by atoms with E-state index in [1.54, 1.807) is 28.9 Å². The molecule has 0 radical (unpaired) electrons. The van der Waals surface area contributed by atoms with Crippen molar-refractivity contribution < 1.29 is 23.0 Å². The molecule has 1 saturated heterocycles. The number of carbonyl (C=O) groups excluding carboxylic acids is 1. The number of hydrogen-bond acceptors (Lipinski definition) is 5. The molecule has 5 rings (SSSR count). The average Bonchev–Trinajstić information content (AvgIpc) is 3.19. The summed E-state index contributed by atoms with van der Waals surface area (Å²) in [7, 11) is 0. The summed E-state index contributed by atoms with van der Waals surface area (Å²) in [6.45, 7) is -1.40. The molecule has 1 N–H and O–H groups in total. The molecule has 0 bridgehead atoms. The molecule has 0 saturated carbocycles. The number of carbonyl (C=O) groups is 1. The Morgan fingerprint density at radius 1 is 1.12 bits per heavy atom. The highest BCUT2D eigenvalue weighted by molar-refractivity contribution is 6.35. The number of alkyl halides is 2. The summed E-state index contributed by atoms with van der Waals surface area (Å²) >= 11 is 12.5. The number of nitrogens with one attached hydrogen (secondary N) is 1. The number of halogens is 4. The summed E-state index contributed by atoms with van der Waals surface area (Å²) < 4.78 is 37.3. The summed E-state index contributed by atoms with van der Waals surface area (Å²) in [5.74, 6) is -0.0533. The smallest absolute Gasteiger partial charge is 0.387 e. The van der Waals surface area contributed by atoms with Gasteiger partial charge in [-0.1, -0.05) is 29.6 Å². The topological polar surface area (TPSA) is 68.6 Å². The second kappa shape index (κ2) is 9.40. The average molecular weight is 509 g/mol. The maximum atomic E-state index is 13.2. The Kier molecular flexibility index (Phi) is 6.33. The summed E-state index contributed by atoms with van der Waals surface area (Å²) in [5, 5.41) is 7.29. The van der Waals surface area contributed by atoms with Crippen molar-refractivity contribution in [3.05, 3.63) is 57.7 Å². The summed E-state index contributed by atoms with van der Waals surface area (Å²) in [6.07, 6.45) is 3.15. The van der Waals surface area contributed by atoms with E-state index < -0.39 is 6.61 Å². The summed E-state index contributed by atoms with van der Waals surface area (Å²) in [4.78, 5) is 13.2. The first-order valence-electron chi connectivity index (χ1n) is 10.8. The predicted octanol–water partition coefficient (Wildman–Crippen LogP) is 5.47. The van der Waals surface area contributed by atoms with E-state index in [0.717, 1.165) is 32.4 Å². The lowest BCUT2D eigenvalue weighted by Crippen LogP contribution is -2.45. The monoisotopic (exact) mass is 508 g/mol. The molecule has 0 spiro atoms. The molecule has 2 aliphatic heterocycles. The van der Waals surface area contributed by atoms with Crippen LogP contribution in [0.5, 0.6) is 11.5 Å². The normalized spacial score (nSPS) is 15.4. The summed E-state index contributed by atoms with van der Waals surface area (Å²) in [5.41, 5.74) is 5.36. The number of nitrogens with zero attached hydrogens (tertiary/aromatic N) is 3. The van der Waals surface area contributed by atoms with Crippen molar-refractivity contribution in [3.8, 4) is 28.4 Å². The fraction of sp³-hybridized carbons (Fsp3) is 0.304. The van der Waals surface area contributed by atoms with E-state index in [9.17, 15) is 13.6 Å². The van der Waals surface area contributed by atoms with Crippen LogP contribution in [0.3, 0.4) is 0 Å². The SMILES string of the molecule is O=C(NN1CCCCC1)c1nn(-c2ccc(Cl)cc2Cl)c2c1COc1cc(OC(F)F)ccc1-2. The van der Waals surface area contributed by atoms with Crippen molar-refractivity contribution >= 4 is 29.1 Å². The van der Waals surface area contributed by atoms with Crippen LogP contribution in [0.15, 0.2) is 36.4 Å². The van der Waals surface area contributed by atoms with Crippen LogP contribution in [0.1, 0.15) is 35.3 Å². The number of rotatable bonds is 5. The molecule has 2 aliphatic rings. The van der Waals surface area contributed by atoms with Crippen LogP contribution in [0.25, 0.3) is 16.9 Å². The van der Waals surface area contributed by atoms with E-state index in [1.165, 1.54) is 12.1 Å². The third kappa shape index (κ3) is 4.43. The van der Waals surface area contributed by atoms with Crippen LogP contribution in [0.2, 0.25) is 10.0 Å². The predicted molar refractivity (Wildman–Crippen MR) is 123 cm³/mol. The molecule has 2 aromatic carbocycles. The van der Waals surface area contributed by atoms with Crippen LogP contribution >= 0.6 is 23.2 Å². The second-order valence-corrected chi connectivity index (χ2v) is 8.84. The standard InChI is InChI=1S/C23H20Cl2F2N4O3/c24-13-4-7-18(17(25)10-13)31-21-15-6-5-14(34-23(26)27)11-19(15)33-12-16(21)20(28-31)22(32)29-30-8-2-1-3-9-30/h4-7,10-11,23H,1-3,8-9,12H2,(H,29,32). The summed E-state index contributed by atoms with van der Waals surface area (Å²) in [6, 6.07) is 9.35. The van der Waals surface area contributed by atoms with Crippen LogP contribution in [-0.4, -0.2) is 40.4 Å². The Labute approximate surface area is 204 Å². The minimum atomic E-state index is -2.96. The van der Waals surface area contributed by atoms with Gasteiger partial charge in [0.15, 0.2) is 5.69 Å². The fourth-order valence-electron chi connectivity index (χ4n) is 4.22. The quantitative estimate of drug-likeness (QED) is 0.494. The molecule has 1 fully saturated rings. The van der Waals surface area contributed by atoms with E-state index in [-0.39, 0.29) is 24.0 Å². The van der Waals surface area contributed by atoms with Gasteiger partial charge in [0.25, 0.3) is 5.91 Å². The van der Waals surface area contributed by atoms with E-state index in [0.29, 0.717) is 38.3 Å². The van der Waals surface area contributed by atoms with Crippen molar-refractivity contribution in [1.29, 1.82) is 0 Å². The zero-order valence-electron chi connectivity index (χ0n) is 17.9. The van der Waals surface area contributed by atoms with Crippen molar-refractivity contribution in [1.82, 2.24) is 20.2 Å². The molecule has 7 nitrogen and oxygen atoms in total.